The van der Waals surface area contributed by atoms with Gasteiger partial charge in [-0.2, -0.15) is 0 Å². The molecule has 0 aliphatic rings. The number of halogens is 3. The minimum absolute atomic E-state index is 0.0537. The number of imidazole rings is 1. The van der Waals surface area contributed by atoms with Crippen LogP contribution >= 0.6 is 11.6 Å². The maximum Gasteiger partial charge on any atom is 0.412 e. The summed E-state index contributed by atoms with van der Waals surface area (Å²) in [6, 6.07) is 9.48. The lowest BCUT2D eigenvalue weighted by Crippen LogP contribution is -2.51. The third-order valence-corrected chi connectivity index (χ3v) is 5.93. The van der Waals surface area contributed by atoms with Gasteiger partial charge in [0.05, 0.1) is 17.4 Å². The number of anilines is 1. The number of aromatic nitrogens is 3. The van der Waals surface area contributed by atoms with Crippen LogP contribution in [-0.2, 0) is 22.5 Å². The molecule has 0 aliphatic heterocycles. The average Bonchev–Trinajstić information content (AvgIpc) is 3.37. The van der Waals surface area contributed by atoms with Crippen molar-refractivity contribution in [3.8, 4) is 0 Å². The lowest BCUT2D eigenvalue weighted by atomic mass is 10.1. The van der Waals surface area contributed by atoms with Gasteiger partial charge in [0.25, 0.3) is 0 Å². The smallest absolute Gasteiger partial charge is 0.412 e. The molecule has 12 heteroatoms. The number of hydrogen-bond donors (Lipinski definition) is 3. The molecule has 2 amide bonds. The molecule has 0 saturated heterocycles. The number of rotatable bonds is 9. The summed E-state index contributed by atoms with van der Waals surface area (Å²) in [5.74, 6) is -1.17. The number of amides is 2. The second-order valence-electron chi connectivity index (χ2n) is 8.16. The fraction of sp³-hybridized carbons (Fsp3) is 0.200. The number of nitrogens with one attached hydrogen (secondary N) is 3. The number of fused-ring (bicyclic) bond motifs is 1. The van der Waals surface area contributed by atoms with E-state index in [-0.39, 0.29) is 36.3 Å². The zero-order valence-electron chi connectivity index (χ0n) is 19.7. The minimum Gasteiger partial charge on any atom is -0.447 e. The fourth-order valence-electron chi connectivity index (χ4n) is 3.72. The van der Waals surface area contributed by atoms with Crippen molar-refractivity contribution in [3.63, 3.8) is 0 Å². The predicted octanol–water partition coefficient (Wildman–Crippen LogP) is 4.60. The molecule has 3 N–H and O–H groups in total. The Morgan fingerprint density at radius 1 is 1.16 bits per heavy atom. The molecule has 0 unspecified atom stereocenters. The van der Waals surface area contributed by atoms with Crippen LogP contribution in [-0.4, -0.2) is 44.6 Å². The molecule has 4 aromatic rings. The summed E-state index contributed by atoms with van der Waals surface area (Å²) in [5.41, 5.74) is 4.10. The molecule has 1 atom stereocenters. The zero-order chi connectivity index (χ0) is 26.4. The van der Waals surface area contributed by atoms with Gasteiger partial charge in [-0.15, -0.1) is 0 Å². The molecule has 0 spiro atoms. The monoisotopic (exact) mass is 528 g/mol. The van der Waals surface area contributed by atoms with Crippen molar-refractivity contribution in [2.24, 2.45) is 0 Å². The Morgan fingerprint density at radius 2 is 2.00 bits per heavy atom. The highest BCUT2D eigenvalue weighted by Gasteiger charge is 2.24. The molecule has 4 rings (SSSR count). The van der Waals surface area contributed by atoms with Crippen LogP contribution in [0.25, 0.3) is 10.8 Å². The molecule has 37 heavy (non-hydrogen) atoms. The molecular formula is C25H23ClF2N6O3. The highest BCUT2D eigenvalue weighted by molar-refractivity contribution is 6.31. The molecule has 2 heterocycles. The topological polar surface area (TPSA) is 112 Å². The van der Waals surface area contributed by atoms with Gasteiger partial charge in [-0.3, -0.25) is 15.1 Å². The van der Waals surface area contributed by atoms with E-state index in [2.05, 4.69) is 25.7 Å². The molecule has 192 valence electrons. The Kier molecular flexibility index (Phi) is 8.26. The van der Waals surface area contributed by atoms with Gasteiger partial charge in [0.15, 0.2) is 0 Å². The van der Waals surface area contributed by atoms with E-state index in [4.69, 9.17) is 16.3 Å². The number of hydrazine groups is 1. The first-order valence-corrected chi connectivity index (χ1v) is 11.6. The molecule has 0 bridgehead atoms. The van der Waals surface area contributed by atoms with Crippen molar-refractivity contribution in [1.29, 1.82) is 0 Å². The molecule has 0 aliphatic carbocycles. The third-order valence-electron chi connectivity index (χ3n) is 5.51. The number of carbonyl (C=O) groups excluding carboxylic acids is 2. The van der Waals surface area contributed by atoms with Gasteiger partial charge in [-0.25, -0.2) is 29.0 Å². The number of aromatic amines is 1. The van der Waals surface area contributed by atoms with E-state index in [1.54, 1.807) is 18.3 Å². The van der Waals surface area contributed by atoms with E-state index in [1.165, 1.54) is 54.8 Å². The number of carbonyl (C=O) groups is 2. The van der Waals surface area contributed by atoms with Crippen molar-refractivity contribution in [2.45, 2.75) is 25.9 Å². The van der Waals surface area contributed by atoms with E-state index in [9.17, 15) is 18.4 Å². The van der Waals surface area contributed by atoms with Crippen LogP contribution in [0.3, 0.4) is 0 Å². The first kappa shape index (κ1) is 26.0. The van der Waals surface area contributed by atoms with Gasteiger partial charge < -0.3 is 9.72 Å². The van der Waals surface area contributed by atoms with Crippen LogP contribution in [0.1, 0.15) is 18.2 Å². The van der Waals surface area contributed by atoms with E-state index in [0.717, 1.165) is 0 Å². The molecule has 2 aromatic carbocycles. The Labute approximate surface area is 215 Å². The Balaban J connectivity index is 1.45. The lowest BCUT2D eigenvalue weighted by molar-refractivity contribution is -0.136. The first-order valence-electron chi connectivity index (χ1n) is 11.2. The maximum atomic E-state index is 13.8. The van der Waals surface area contributed by atoms with Crippen LogP contribution < -0.4 is 10.7 Å². The molecular weight excluding hydrogens is 506 g/mol. The summed E-state index contributed by atoms with van der Waals surface area (Å²) in [5, 5.41) is 5.02. The quantitative estimate of drug-likeness (QED) is 0.274. The summed E-state index contributed by atoms with van der Waals surface area (Å²) >= 11 is 6.04. The van der Waals surface area contributed by atoms with Crippen molar-refractivity contribution in [3.05, 3.63) is 89.1 Å². The third kappa shape index (κ3) is 6.78. The van der Waals surface area contributed by atoms with Gasteiger partial charge in [-0.05, 0) is 41.3 Å². The van der Waals surface area contributed by atoms with E-state index in [1.807, 2.05) is 0 Å². The number of H-pyrrole nitrogens is 1. The number of pyridine rings is 1. The summed E-state index contributed by atoms with van der Waals surface area (Å²) in [6.45, 7) is 1.20. The van der Waals surface area contributed by atoms with Crippen LogP contribution in [0.4, 0.5) is 19.4 Å². The summed E-state index contributed by atoms with van der Waals surface area (Å²) in [7, 11) is 0. The number of benzene rings is 2. The lowest BCUT2D eigenvalue weighted by Gasteiger charge is -2.31. The van der Waals surface area contributed by atoms with Crippen molar-refractivity contribution >= 4 is 40.2 Å². The average molecular weight is 529 g/mol. The highest BCUT2D eigenvalue weighted by Crippen LogP contribution is 2.20. The van der Waals surface area contributed by atoms with E-state index >= 15 is 0 Å². The van der Waals surface area contributed by atoms with Gasteiger partial charge >= 0.3 is 6.09 Å². The van der Waals surface area contributed by atoms with Gasteiger partial charge in [0, 0.05) is 43.4 Å². The summed E-state index contributed by atoms with van der Waals surface area (Å²) in [4.78, 5) is 36.1. The van der Waals surface area contributed by atoms with Crippen LogP contribution in [0.15, 0.2) is 61.2 Å². The molecule has 2 aromatic heterocycles. The van der Waals surface area contributed by atoms with Crippen LogP contribution in [0.5, 0.6) is 0 Å². The Hall–Kier alpha value is -4.09. The molecule has 0 fully saturated rings. The molecule has 0 radical (unpaired) electrons. The van der Waals surface area contributed by atoms with Gasteiger partial charge in [-0.1, -0.05) is 23.7 Å². The molecule has 0 saturated carbocycles. The minimum atomic E-state index is -0.811. The summed E-state index contributed by atoms with van der Waals surface area (Å²) in [6.07, 6.45) is 4.04. The maximum absolute atomic E-state index is 13.8. The van der Waals surface area contributed by atoms with Crippen LogP contribution in [0.2, 0.25) is 5.02 Å². The number of nitrogens with zero attached hydrogens (tertiary/aromatic N) is 3. The predicted molar refractivity (Wildman–Crippen MR) is 134 cm³/mol. The first-order chi connectivity index (χ1) is 17.8. The van der Waals surface area contributed by atoms with E-state index in [0.29, 0.717) is 22.0 Å². The number of hydrogen-bond acceptors (Lipinski definition) is 6. The number of ether oxygens (including phenoxy) is 1. The summed E-state index contributed by atoms with van der Waals surface area (Å²) < 4.78 is 32.8. The van der Waals surface area contributed by atoms with Crippen molar-refractivity contribution < 1.29 is 23.1 Å². The van der Waals surface area contributed by atoms with Gasteiger partial charge in [0.1, 0.15) is 24.1 Å². The van der Waals surface area contributed by atoms with E-state index < -0.39 is 23.8 Å². The SMILES string of the molecule is CC(=O)N(NCc1cccc(F)c1Cl)[C@H](COC(=O)Nc1cc2cc(F)ccc2cn1)Cc1cnc[nH]1. The van der Waals surface area contributed by atoms with Crippen molar-refractivity contribution in [2.75, 3.05) is 11.9 Å². The van der Waals surface area contributed by atoms with Gasteiger partial charge in [0.2, 0.25) is 5.91 Å². The largest absolute Gasteiger partial charge is 0.447 e. The standard InChI is InChI=1S/C25H23ClF2N6O3/c1-15(35)34(32-11-17-3-2-4-22(28)24(17)26)21(9-20-12-29-14-31-20)13-37-25(36)33-23-8-18-7-19(27)6-5-16(18)10-30-23/h2-8,10,12,14,21,32H,9,11,13H2,1H3,(H,29,31)(H,30,33,36)/t21-/m0/s1. The second-order valence-corrected chi connectivity index (χ2v) is 8.53. The molecule has 9 nitrogen and oxygen atoms in total. The highest BCUT2D eigenvalue weighted by atomic mass is 35.5. The van der Waals surface area contributed by atoms with Crippen molar-refractivity contribution in [1.82, 2.24) is 25.4 Å². The Bertz CT molecular complexity index is 1400. The normalized spacial score (nSPS) is 11.8. The Morgan fingerprint density at radius 3 is 2.76 bits per heavy atom. The zero-order valence-corrected chi connectivity index (χ0v) is 20.4. The second kappa shape index (κ2) is 11.8. The van der Waals surface area contributed by atoms with Crippen LogP contribution in [0, 0.1) is 11.6 Å². The fourth-order valence-corrected chi connectivity index (χ4v) is 3.91.